The maximum Gasteiger partial charge on any atom is 0.315 e. The van der Waals surface area contributed by atoms with E-state index in [1.807, 2.05) is 44.2 Å². The van der Waals surface area contributed by atoms with E-state index in [1.165, 1.54) is 0 Å². The summed E-state index contributed by atoms with van der Waals surface area (Å²) in [5.41, 5.74) is 1.82. The molecular formula is C19H23ClN2O3. The maximum atomic E-state index is 12.3. The van der Waals surface area contributed by atoms with Gasteiger partial charge < -0.3 is 20.1 Å². The lowest BCUT2D eigenvalue weighted by atomic mass is 10.1. The van der Waals surface area contributed by atoms with Gasteiger partial charge in [0.05, 0.1) is 26.3 Å². The Balaban J connectivity index is 2.03. The van der Waals surface area contributed by atoms with Crippen LogP contribution in [0.4, 0.5) is 4.79 Å². The van der Waals surface area contributed by atoms with Crippen molar-refractivity contribution in [1.82, 2.24) is 10.6 Å². The van der Waals surface area contributed by atoms with Crippen molar-refractivity contribution in [1.29, 1.82) is 0 Å². The number of carbonyl (C=O) groups is 1. The number of amides is 2. The highest BCUT2D eigenvalue weighted by Gasteiger charge is 2.16. The molecule has 0 aromatic heterocycles. The zero-order valence-electron chi connectivity index (χ0n) is 14.8. The van der Waals surface area contributed by atoms with Gasteiger partial charge in [-0.3, -0.25) is 0 Å². The molecule has 2 amide bonds. The van der Waals surface area contributed by atoms with Gasteiger partial charge in [0, 0.05) is 10.6 Å². The first kappa shape index (κ1) is 18.9. The van der Waals surface area contributed by atoms with Crippen LogP contribution >= 0.6 is 11.6 Å². The molecule has 2 aromatic carbocycles. The van der Waals surface area contributed by atoms with Gasteiger partial charge in [0.15, 0.2) is 0 Å². The highest BCUT2D eigenvalue weighted by Crippen LogP contribution is 2.29. The topological polar surface area (TPSA) is 59.6 Å². The van der Waals surface area contributed by atoms with E-state index in [9.17, 15) is 4.79 Å². The Hall–Kier alpha value is -2.40. The smallest absolute Gasteiger partial charge is 0.315 e. The van der Waals surface area contributed by atoms with Crippen LogP contribution in [0.5, 0.6) is 11.5 Å². The van der Waals surface area contributed by atoms with Crippen LogP contribution in [-0.4, -0.2) is 20.3 Å². The summed E-state index contributed by atoms with van der Waals surface area (Å²) in [6.45, 7) is 3.81. The number of carbonyl (C=O) groups excluding carboxylic acids is 1. The maximum absolute atomic E-state index is 12.3. The molecule has 0 aliphatic rings. The molecule has 0 aliphatic carbocycles. The molecule has 134 valence electrons. The van der Waals surface area contributed by atoms with E-state index < -0.39 is 0 Å². The van der Waals surface area contributed by atoms with Gasteiger partial charge in [-0.1, -0.05) is 23.7 Å². The number of nitrogens with one attached hydrogen (secondary N) is 2. The van der Waals surface area contributed by atoms with Crippen LogP contribution in [0.3, 0.4) is 0 Å². The fraction of sp³-hybridized carbons (Fsp3) is 0.316. The number of halogens is 1. The summed E-state index contributed by atoms with van der Waals surface area (Å²) < 4.78 is 10.6. The first-order valence-electron chi connectivity index (χ1n) is 7.99. The molecule has 0 saturated heterocycles. The van der Waals surface area contributed by atoms with Crippen molar-refractivity contribution in [2.24, 2.45) is 0 Å². The van der Waals surface area contributed by atoms with Crippen LogP contribution in [0.2, 0.25) is 5.02 Å². The number of methoxy groups -OCH3 is 2. The molecule has 0 saturated carbocycles. The molecule has 2 rings (SSSR count). The molecule has 25 heavy (non-hydrogen) atoms. The van der Waals surface area contributed by atoms with Gasteiger partial charge in [0.1, 0.15) is 11.5 Å². The fourth-order valence-electron chi connectivity index (χ4n) is 2.53. The highest BCUT2D eigenvalue weighted by molar-refractivity contribution is 6.30. The number of rotatable bonds is 6. The highest BCUT2D eigenvalue weighted by atomic mass is 35.5. The Kier molecular flexibility index (Phi) is 6.53. The van der Waals surface area contributed by atoms with E-state index in [0.717, 1.165) is 11.1 Å². The van der Waals surface area contributed by atoms with Gasteiger partial charge in [-0.25, -0.2) is 4.79 Å². The van der Waals surface area contributed by atoms with Crippen molar-refractivity contribution in [3.8, 4) is 11.5 Å². The van der Waals surface area contributed by atoms with Crippen molar-refractivity contribution < 1.29 is 14.3 Å². The van der Waals surface area contributed by atoms with Gasteiger partial charge >= 0.3 is 6.03 Å². The lowest BCUT2D eigenvalue weighted by Gasteiger charge is -2.20. The molecule has 2 N–H and O–H groups in total. The summed E-state index contributed by atoms with van der Waals surface area (Å²) in [6, 6.07) is 12.2. The summed E-state index contributed by atoms with van der Waals surface area (Å²) in [5.74, 6) is 1.40. The Bertz CT molecular complexity index is 719. The number of hydrogen-bond donors (Lipinski definition) is 2. The largest absolute Gasteiger partial charge is 0.497 e. The second-order valence-corrected chi connectivity index (χ2v) is 6.16. The van der Waals surface area contributed by atoms with Gasteiger partial charge in [-0.2, -0.15) is 0 Å². The van der Waals surface area contributed by atoms with Crippen molar-refractivity contribution in [3.63, 3.8) is 0 Å². The van der Waals surface area contributed by atoms with E-state index >= 15 is 0 Å². The summed E-state index contributed by atoms with van der Waals surface area (Å²) in [5, 5.41) is 6.51. The van der Waals surface area contributed by atoms with Crippen LogP contribution in [0.1, 0.15) is 37.1 Å². The van der Waals surface area contributed by atoms with Crippen LogP contribution in [0.15, 0.2) is 42.5 Å². The Morgan fingerprint density at radius 1 is 0.960 bits per heavy atom. The van der Waals surface area contributed by atoms with Crippen LogP contribution in [0.25, 0.3) is 0 Å². The lowest BCUT2D eigenvalue weighted by Crippen LogP contribution is -2.38. The first-order valence-corrected chi connectivity index (χ1v) is 8.36. The Morgan fingerprint density at radius 2 is 1.60 bits per heavy atom. The third kappa shape index (κ3) is 5.03. The first-order chi connectivity index (χ1) is 11.9. The van der Waals surface area contributed by atoms with Crippen molar-refractivity contribution in [2.75, 3.05) is 14.2 Å². The minimum atomic E-state index is -0.264. The quantitative estimate of drug-likeness (QED) is 0.796. The zero-order chi connectivity index (χ0) is 18.4. The average Bonchev–Trinajstić information content (AvgIpc) is 2.61. The third-order valence-electron chi connectivity index (χ3n) is 3.97. The van der Waals surface area contributed by atoms with Crippen molar-refractivity contribution in [3.05, 3.63) is 58.6 Å². The van der Waals surface area contributed by atoms with E-state index in [-0.39, 0.29) is 18.1 Å². The molecule has 0 fully saturated rings. The molecule has 2 atom stereocenters. The number of hydrogen-bond acceptors (Lipinski definition) is 3. The minimum absolute atomic E-state index is 0.142. The minimum Gasteiger partial charge on any atom is -0.497 e. The molecular weight excluding hydrogens is 340 g/mol. The number of urea groups is 1. The van der Waals surface area contributed by atoms with E-state index in [1.54, 1.807) is 26.4 Å². The zero-order valence-corrected chi connectivity index (χ0v) is 15.6. The number of ether oxygens (including phenoxy) is 2. The molecule has 0 heterocycles. The predicted molar refractivity (Wildman–Crippen MR) is 99.5 cm³/mol. The van der Waals surface area contributed by atoms with Crippen molar-refractivity contribution in [2.45, 2.75) is 25.9 Å². The molecule has 2 unspecified atom stereocenters. The van der Waals surface area contributed by atoms with Crippen molar-refractivity contribution >= 4 is 17.6 Å². The fourth-order valence-corrected chi connectivity index (χ4v) is 2.65. The summed E-state index contributed by atoms with van der Waals surface area (Å²) in [6.07, 6.45) is 0. The van der Waals surface area contributed by atoms with Crippen LogP contribution in [-0.2, 0) is 0 Å². The molecule has 2 aromatic rings. The molecule has 5 nitrogen and oxygen atoms in total. The van der Waals surface area contributed by atoms with Gasteiger partial charge in [-0.15, -0.1) is 0 Å². The monoisotopic (exact) mass is 362 g/mol. The Labute approximate surface area is 153 Å². The lowest BCUT2D eigenvalue weighted by molar-refractivity contribution is 0.234. The predicted octanol–water partition coefficient (Wildman–Crippen LogP) is 4.48. The van der Waals surface area contributed by atoms with Gasteiger partial charge in [0.25, 0.3) is 0 Å². The Morgan fingerprint density at radius 3 is 2.20 bits per heavy atom. The van der Waals surface area contributed by atoms with E-state index in [2.05, 4.69) is 10.6 Å². The van der Waals surface area contributed by atoms with Gasteiger partial charge in [0.2, 0.25) is 0 Å². The molecule has 0 spiro atoms. The molecule has 6 heteroatoms. The number of benzene rings is 2. The van der Waals surface area contributed by atoms with E-state index in [0.29, 0.717) is 16.5 Å². The second-order valence-electron chi connectivity index (χ2n) is 5.72. The molecule has 0 bridgehead atoms. The summed E-state index contributed by atoms with van der Waals surface area (Å²) >= 11 is 5.89. The normalized spacial score (nSPS) is 12.8. The van der Waals surface area contributed by atoms with E-state index in [4.69, 9.17) is 21.1 Å². The van der Waals surface area contributed by atoms with Crippen LogP contribution in [0, 0.1) is 0 Å². The summed E-state index contributed by atoms with van der Waals surface area (Å²) in [4.78, 5) is 12.3. The second kappa shape index (κ2) is 8.62. The van der Waals surface area contributed by atoms with Crippen LogP contribution < -0.4 is 20.1 Å². The molecule has 0 aliphatic heterocycles. The SMILES string of the molecule is COc1ccc(OC)c(C(C)NC(=O)NC(C)c2ccc(Cl)cc2)c1. The summed E-state index contributed by atoms with van der Waals surface area (Å²) in [7, 11) is 3.20. The molecule has 0 radical (unpaired) electrons. The van der Waals surface area contributed by atoms with Gasteiger partial charge in [-0.05, 0) is 49.7 Å². The third-order valence-corrected chi connectivity index (χ3v) is 4.22. The standard InChI is InChI=1S/C19H23ClN2O3/c1-12(14-5-7-15(20)8-6-14)21-19(23)22-13(2)17-11-16(24-3)9-10-18(17)25-4/h5-13H,1-4H3,(H2,21,22,23). The average molecular weight is 363 g/mol.